The smallest absolute Gasteiger partial charge is 0.128 e. The normalized spacial score (nSPS) is 16.3. The van der Waals surface area contributed by atoms with Crippen LogP contribution in [-0.2, 0) is 13.1 Å². The summed E-state index contributed by atoms with van der Waals surface area (Å²) in [6.07, 6.45) is 8.06. The van der Waals surface area contributed by atoms with Crippen molar-refractivity contribution >= 4 is 5.82 Å². The summed E-state index contributed by atoms with van der Waals surface area (Å²) in [7, 11) is 0. The maximum absolute atomic E-state index is 4.43. The third kappa shape index (κ3) is 3.42. The van der Waals surface area contributed by atoms with E-state index in [9.17, 15) is 0 Å². The second-order valence-electron chi connectivity index (χ2n) is 5.50. The van der Waals surface area contributed by atoms with Crippen LogP contribution in [0.1, 0.15) is 25.5 Å². The Labute approximate surface area is 126 Å². The van der Waals surface area contributed by atoms with Crippen molar-refractivity contribution in [2.45, 2.75) is 38.9 Å². The lowest BCUT2D eigenvalue weighted by atomic mass is 10.0. The van der Waals surface area contributed by atoms with Gasteiger partial charge in [0.15, 0.2) is 0 Å². The number of aryl methyl sites for hydroxylation is 1. The molecule has 5 nitrogen and oxygen atoms in total. The number of pyridine rings is 1. The fraction of sp³-hybridized carbons (Fsp3) is 0.500. The molecule has 0 bridgehead atoms. The summed E-state index contributed by atoms with van der Waals surface area (Å²) in [6, 6.07) is 6.70. The largest absolute Gasteiger partial charge is 0.357 e. The Bertz CT molecular complexity index is 543. The number of piperidine rings is 1. The molecule has 0 aliphatic carbocycles. The minimum atomic E-state index is 0.588. The Morgan fingerprint density at radius 3 is 2.86 bits per heavy atom. The minimum absolute atomic E-state index is 0.588. The molecule has 0 amide bonds. The molecule has 0 spiro atoms. The maximum atomic E-state index is 4.43. The van der Waals surface area contributed by atoms with Crippen molar-refractivity contribution in [2.75, 3.05) is 18.0 Å². The number of rotatable bonds is 5. The summed E-state index contributed by atoms with van der Waals surface area (Å²) in [6.45, 7) is 6.18. The molecular weight excluding hydrogens is 262 g/mol. The van der Waals surface area contributed by atoms with Gasteiger partial charge in [-0.05, 0) is 31.9 Å². The fourth-order valence-corrected chi connectivity index (χ4v) is 2.88. The van der Waals surface area contributed by atoms with Gasteiger partial charge in [-0.3, -0.25) is 0 Å². The summed E-state index contributed by atoms with van der Waals surface area (Å²) in [5, 5.41) is 3.66. The predicted octanol–water partition coefficient (Wildman–Crippen LogP) is 2.06. The molecule has 2 aromatic rings. The fourth-order valence-electron chi connectivity index (χ4n) is 2.88. The number of imidazole rings is 1. The molecule has 0 atom stereocenters. The molecule has 1 aliphatic heterocycles. The Kier molecular flexibility index (Phi) is 4.50. The Morgan fingerprint density at radius 1 is 1.29 bits per heavy atom. The topological polar surface area (TPSA) is 46.0 Å². The zero-order valence-corrected chi connectivity index (χ0v) is 12.6. The Hall–Kier alpha value is -1.88. The van der Waals surface area contributed by atoms with E-state index in [4.69, 9.17) is 0 Å². The van der Waals surface area contributed by atoms with Crippen LogP contribution in [-0.4, -0.2) is 33.7 Å². The van der Waals surface area contributed by atoms with Crippen LogP contribution in [0, 0.1) is 0 Å². The summed E-state index contributed by atoms with van der Waals surface area (Å²) in [5.74, 6) is 1.10. The van der Waals surface area contributed by atoms with E-state index in [1.165, 1.54) is 5.69 Å². The molecule has 21 heavy (non-hydrogen) atoms. The van der Waals surface area contributed by atoms with Gasteiger partial charge in [0.1, 0.15) is 5.82 Å². The molecule has 0 saturated carbocycles. The number of nitrogens with zero attached hydrogens (tertiary/aromatic N) is 4. The van der Waals surface area contributed by atoms with Crippen LogP contribution in [0.5, 0.6) is 0 Å². The molecule has 0 unspecified atom stereocenters. The van der Waals surface area contributed by atoms with Crippen LogP contribution in [0.15, 0.2) is 36.9 Å². The molecule has 1 N–H and O–H groups in total. The number of anilines is 1. The monoisotopic (exact) mass is 285 g/mol. The summed E-state index contributed by atoms with van der Waals surface area (Å²) < 4.78 is 2.19. The van der Waals surface area contributed by atoms with Crippen LogP contribution in [0.4, 0.5) is 5.82 Å². The molecule has 0 aromatic carbocycles. The van der Waals surface area contributed by atoms with E-state index in [0.717, 1.165) is 44.8 Å². The minimum Gasteiger partial charge on any atom is -0.357 e. The van der Waals surface area contributed by atoms with Crippen LogP contribution < -0.4 is 10.2 Å². The number of hydrogen-bond acceptors (Lipinski definition) is 4. The van der Waals surface area contributed by atoms with Gasteiger partial charge in [-0.15, -0.1) is 0 Å². The molecule has 1 fully saturated rings. The summed E-state index contributed by atoms with van der Waals surface area (Å²) in [5.41, 5.74) is 1.27. The number of nitrogens with one attached hydrogen (secondary N) is 1. The molecule has 3 heterocycles. The molecule has 0 radical (unpaired) electrons. The van der Waals surface area contributed by atoms with Crippen molar-refractivity contribution in [3.8, 4) is 0 Å². The highest BCUT2D eigenvalue weighted by atomic mass is 15.2. The molecular formula is C16H23N5. The zero-order valence-electron chi connectivity index (χ0n) is 12.6. The lowest BCUT2D eigenvalue weighted by Gasteiger charge is -2.33. The highest BCUT2D eigenvalue weighted by molar-refractivity contribution is 5.38. The molecule has 2 aromatic heterocycles. The second kappa shape index (κ2) is 6.72. The quantitative estimate of drug-likeness (QED) is 0.913. The van der Waals surface area contributed by atoms with Crippen LogP contribution in [0.25, 0.3) is 0 Å². The first-order chi connectivity index (χ1) is 10.4. The predicted molar refractivity (Wildman–Crippen MR) is 84.2 cm³/mol. The highest BCUT2D eigenvalue weighted by Crippen LogP contribution is 2.17. The van der Waals surface area contributed by atoms with Crippen molar-refractivity contribution in [2.24, 2.45) is 0 Å². The van der Waals surface area contributed by atoms with Gasteiger partial charge in [-0.25, -0.2) is 9.97 Å². The average Bonchev–Trinajstić information content (AvgIpc) is 3.02. The molecule has 1 aliphatic rings. The van der Waals surface area contributed by atoms with Gasteiger partial charge in [-0.1, -0.05) is 6.07 Å². The van der Waals surface area contributed by atoms with Crippen LogP contribution in [0.2, 0.25) is 0 Å². The SMILES string of the molecule is CCn1cncc1CNC1CCN(c2ccccn2)CC1. The first-order valence-corrected chi connectivity index (χ1v) is 7.75. The molecule has 1 saturated heterocycles. The van der Waals surface area contributed by atoms with Gasteiger partial charge >= 0.3 is 0 Å². The first-order valence-electron chi connectivity index (χ1n) is 7.75. The second-order valence-corrected chi connectivity index (χ2v) is 5.50. The van der Waals surface area contributed by atoms with Gasteiger partial charge in [0.05, 0.1) is 12.0 Å². The van der Waals surface area contributed by atoms with E-state index in [1.54, 1.807) is 0 Å². The van der Waals surface area contributed by atoms with Gasteiger partial charge in [0, 0.05) is 44.6 Å². The van der Waals surface area contributed by atoms with Crippen molar-refractivity contribution in [3.05, 3.63) is 42.6 Å². The van der Waals surface area contributed by atoms with Crippen molar-refractivity contribution in [1.29, 1.82) is 0 Å². The number of aromatic nitrogens is 3. The van der Waals surface area contributed by atoms with Crippen LogP contribution in [0.3, 0.4) is 0 Å². The summed E-state index contributed by atoms with van der Waals surface area (Å²) >= 11 is 0. The highest BCUT2D eigenvalue weighted by Gasteiger charge is 2.19. The van der Waals surface area contributed by atoms with Crippen LogP contribution >= 0.6 is 0 Å². The third-order valence-corrected chi connectivity index (χ3v) is 4.18. The molecule has 3 rings (SSSR count). The van der Waals surface area contributed by atoms with Gasteiger partial charge in [0.2, 0.25) is 0 Å². The van der Waals surface area contributed by atoms with E-state index >= 15 is 0 Å². The van der Waals surface area contributed by atoms with Crippen molar-refractivity contribution in [1.82, 2.24) is 19.9 Å². The molecule has 5 heteroatoms. The maximum Gasteiger partial charge on any atom is 0.128 e. The van der Waals surface area contributed by atoms with E-state index in [0.29, 0.717) is 6.04 Å². The van der Waals surface area contributed by atoms with Crippen molar-refractivity contribution < 1.29 is 0 Å². The number of hydrogen-bond donors (Lipinski definition) is 1. The lowest BCUT2D eigenvalue weighted by Crippen LogP contribution is -2.42. The standard InChI is InChI=1S/C16H23N5/c1-2-20-13-17-11-15(20)12-19-14-6-9-21(10-7-14)16-5-3-4-8-18-16/h3-5,8,11,13-14,19H,2,6-7,9-10,12H2,1H3. The summed E-state index contributed by atoms with van der Waals surface area (Å²) in [4.78, 5) is 11.0. The van der Waals surface area contributed by atoms with Crippen molar-refractivity contribution in [3.63, 3.8) is 0 Å². The van der Waals surface area contributed by atoms with E-state index in [2.05, 4.69) is 43.8 Å². The van der Waals surface area contributed by atoms with Gasteiger partial charge in [-0.2, -0.15) is 0 Å². The van der Waals surface area contributed by atoms with E-state index in [1.807, 2.05) is 24.8 Å². The zero-order chi connectivity index (χ0) is 14.5. The van der Waals surface area contributed by atoms with Gasteiger partial charge in [0.25, 0.3) is 0 Å². The third-order valence-electron chi connectivity index (χ3n) is 4.18. The molecule has 112 valence electrons. The van der Waals surface area contributed by atoms with Gasteiger partial charge < -0.3 is 14.8 Å². The first kappa shape index (κ1) is 14.1. The van der Waals surface area contributed by atoms with E-state index in [-0.39, 0.29) is 0 Å². The van der Waals surface area contributed by atoms with E-state index < -0.39 is 0 Å². The average molecular weight is 285 g/mol. The lowest BCUT2D eigenvalue weighted by molar-refractivity contribution is 0.407. The Morgan fingerprint density at radius 2 is 2.14 bits per heavy atom. The Balaban J connectivity index is 1.48.